The van der Waals surface area contributed by atoms with Gasteiger partial charge in [0, 0.05) is 0 Å². The molecule has 0 radical (unpaired) electrons. The summed E-state index contributed by atoms with van der Waals surface area (Å²) in [5.74, 6) is 6.66. The molecule has 0 aromatic rings. The molecule has 3 fully saturated rings. The number of fused-ring (bicyclic) bond motifs is 9. The van der Waals surface area contributed by atoms with Crippen molar-refractivity contribution in [3.8, 4) is 0 Å². The Morgan fingerprint density at radius 1 is 0.750 bits per heavy atom. The molecular weight excluding hydrogens is 144 g/mol. The first-order valence-electron chi connectivity index (χ1n) is 5.62. The average molecular weight is 160 g/mol. The average Bonchev–Trinajstić information content (AvgIpc) is 2.83. The predicted molar refractivity (Wildman–Crippen MR) is 48.5 cm³/mol. The normalized spacial score (nSPS) is 64.7. The van der Waals surface area contributed by atoms with Crippen LogP contribution in [0.4, 0.5) is 0 Å². The molecule has 6 atom stereocenters. The van der Waals surface area contributed by atoms with Gasteiger partial charge in [0.15, 0.2) is 0 Å². The highest BCUT2D eigenvalue weighted by Gasteiger charge is 2.57. The van der Waals surface area contributed by atoms with Crippen LogP contribution in [0, 0.1) is 35.5 Å². The lowest BCUT2D eigenvalue weighted by Gasteiger charge is -2.31. The third-order valence-electron chi connectivity index (χ3n) is 5.19. The van der Waals surface area contributed by atoms with Crippen molar-refractivity contribution in [3.63, 3.8) is 0 Å². The lowest BCUT2D eigenvalue weighted by atomic mass is 9.73. The fourth-order valence-corrected chi connectivity index (χ4v) is 4.98. The van der Waals surface area contributed by atoms with E-state index in [4.69, 9.17) is 0 Å². The van der Waals surface area contributed by atoms with Crippen molar-refractivity contribution < 1.29 is 0 Å². The molecular formula is C12H16. The zero-order chi connectivity index (χ0) is 7.71. The predicted octanol–water partition coefficient (Wildman–Crippen LogP) is 2.85. The summed E-state index contributed by atoms with van der Waals surface area (Å²) < 4.78 is 0. The van der Waals surface area contributed by atoms with Crippen LogP contribution in [0.15, 0.2) is 12.2 Å². The van der Waals surface area contributed by atoms with E-state index in [-0.39, 0.29) is 0 Å². The van der Waals surface area contributed by atoms with Crippen LogP contribution in [-0.4, -0.2) is 0 Å². The maximum absolute atomic E-state index is 2.53. The standard InChI is InChI=1S/C12H16/c1-2-8-5-7(1)11-9-3-4-10(6-9)12(8)11/h1-2,7-12H,3-6H2/t7-,8+,9?,10?,11+,12-. The first-order chi connectivity index (χ1) is 5.93. The monoisotopic (exact) mass is 160 g/mol. The molecule has 4 bridgehead atoms. The Labute approximate surface area is 74.0 Å². The van der Waals surface area contributed by atoms with E-state index in [1.807, 2.05) is 0 Å². The van der Waals surface area contributed by atoms with E-state index in [2.05, 4.69) is 12.2 Å². The molecule has 0 heterocycles. The van der Waals surface area contributed by atoms with Gasteiger partial charge in [-0.25, -0.2) is 0 Å². The van der Waals surface area contributed by atoms with Gasteiger partial charge in [-0.3, -0.25) is 0 Å². The van der Waals surface area contributed by atoms with Crippen molar-refractivity contribution in [1.29, 1.82) is 0 Å². The fraction of sp³-hybridized carbons (Fsp3) is 0.833. The third kappa shape index (κ3) is 0.522. The van der Waals surface area contributed by atoms with Gasteiger partial charge in [-0.1, -0.05) is 12.2 Å². The van der Waals surface area contributed by atoms with Crippen molar-refractivity contribution in [2.75, 3.05) is 0 Å². The third-order valence-corrected chi connectivity index (χ3v) is 5.19. The molecule has 0 aromatic carbocycles. The summed E-state index contributed by atoms with van der Waals surface area (Å²) in [5.41, 5.74) is 0. The Hall–Kier alpha value is -0.260. The van der Waals surface area contributed by atoms with Crippen LogP contribution in [0.3, 0.4) is 0 Å². The highest BCUT2D eigenvalue weighted by molar-refractivity contribution is 5.19. The van der Waals surface area contributed by atoms with E-state index in [1.165, 1.54) is 6.42 Å². The van der Waals surface area contributed by atoms with Gasteiger partial charge in [0.25, 0.3) is 0 Å². The minimum Gasteiger partial charge on any atom is -0.0848 e. The van der Waals surface area contributed by atoms with Crippen LogP contribution in [0.2, 0.25) is 0 Å². The lowest BCUT2D eigenvalue weighted by molar-refractivity contribution is 0.206. The molecule has 3 saturated carbocycles. The molecule has 0 saturated heterocycles. The van der Waals surface area contributed by atoms with Crippen LogP contribution < -0.4 is 0 Å². The molecule has 0 heteroatoms. The maximum Gasteiger partial charge on any atom is -0.0194 e. The van der Waals surface area contributed by atoms with Gasteiger partial charge in [-0.15, -0.1) is 0 Å². The Bertz CT molecular complexity index is 229. The molecule has 0 aromatic heterocycles. The summed E-state index contributed by atoms with van der Waals surface area (Å²) in [6.07, 6.45) is 11.3. The van der Waals surface area contributed by atoms with E-state index in [1.54, 1.807) is 19.3 Å². The molecule has 2 unspecified atom stereocenters. The van der Waals surface area contributed by atoms with Crippen LogP contribution >= 0.6 is 0 Å². The van der Waals surface area contributed by atoms with Gasteiger partial charge in [0.05, 0.1) is 0 Å². The van der Waals surface area contributed by atoms with Gasteiger partial charge >= 0.3 is 0 Å². The molecule has 0 N–H and O–H groups in total. The molecule has 4 rings (SSSR count). The number of rotatable bonds is 0. The van der Waals surface area contributed by atoms with E-state index < -0.39 is 0 Å². The number of hydrogen-bond acceptors (Lipinski definition) is 0. The maximum atomic E-state index is 2.53. The molecule has 4 aliphatic carbocycles. The van der Waals surface area contributed by atoms with Crippen molar-refractivity contribution >= 4 is 0 Å². The van der Waals surface area contributed by atoms with E-state index >= 15 is 0 Å². The summed E-state index contributed by atoms with van der Waals surface area (Å²) in [4.78, 5) is 0. The van der Waals surface area contributed by atoms with E-state index in [0.29, 0.717) is 0 Å². The molecule has 0 aliphatic heterocycles. The molecule has 4 aliphatic rings. The molecule has 0 nitrogen and oxygen atoms in total. The summed E-state index contributed by atoms with van der Waals surface area (Å²) in [6, 6.07) is 0. The minimum atomic E-state index is 1.02. The molecule has 12 heavy (non-hydrogen) atoms. The van der Waals surface area contributed by atoms with Gasteiger partial charge in [0.2, 0.25) is 0 Å². The van der Waals surface area contributed by atoms with E-state index in [0.717, 1.165) is 35.5 Å². The first-order valence-corrected chi connectivity index (χ1v) is 5.62. The Balaban J connectivity index is 1.82. The smallest absolute Gasteiger partial charge is 0.0194 e. The van der Waals surface area contributed by atoms with Crippen molar-refractivity contribution in [3.05, 3.63) is 12.2 Å². The lowest BCUT2D eigenvalue weighted by Crippen LogP contribution is -2.25. The quantitative estimate of drug-likeness (QED) is 0.377. The molecule has 0 amide bonds. The fourth-order valence-electron chi connectivity index (χ4n) is 4.98. The van der Waals surface area contributed by atoms with E-state index in [9.17, 15) is 0 Å². The first kappa shape index (κ1) is 6.23. The van der Waals surface area contributed by atoms with Gasteiger partial charge in [0.1, 0.15) is 0 Å². The second-order valence-corrected chi connectivity index (χ2v) is 5.44. The topological polar surface area (TPSA) is 0 Å². The van der Waals surface area contributed by atoms with Gasteiger partial charge in [-0.2, -0.15) is 0 Å². The van der Waals surface area contributed by atoms with Gasteiger partial charge in [-0.05, 0) is 61.2 Å². The number of allylic oxidation sites excluding steroid dienone is 2. The van der Waals surface area contributed by atoms with Crippen LogP contribution in [0.1, 0.15) is 25.7 Å². The Kier molecular flexibility index (Phi) is 0.939. The summed E-state index contributed by atoms with van der Waals surface area (Å²) in [6.45, 7) is 0. The van der Waals surface area contributed by atoms with Crippen molar-refractivity contribution in [1.82, 2.24) is 0 Å². The van der Waals surface area contributed by atoms with Crippen LogP contribution in [0.25, 0.3) is 0 Å². The largest absolute Gasteiger partial charge is 0.0848 e. The summed E-state index contributed by atoms with van der Waals surface area (Å²) >= 11 is 0. The summed E-state index contributed by atoms with van der Waals surface area (Å²) in [5, 5.41) is 0. The molecule has 0 spiro atoms. The van der Waals surface area contributed by atoms with Crippen molar-refractivity contribution in [2.45, 2.75) is 25.7 Å². The highest BCUT2D eigenvalue weighted by atomic mass is 14.6. The number of hydrogen-bond donors (Lipinski definition) is 0. The van der Waals surface area contributed by atoms with Gasteiger partial charge < -0.3 is 0 Å². The highest BCUT2D eigenvalue weighted by Crippen LogP contribution is 2.65. The van der Waals surface area contributed by atoms with Crippen LogP contribution in [0.5, 0.6) is 0 Å². The SMILES string of the molecule is C1=C[C@H]2C[C@@H]1[C@H]1C3CCC(C3)[C@H]12. The zero-order valence-electron chi connectivity index (χ0n) is 7.45. The van der Waals surface area contributed by atoms with Crippen LogP contribution in [-0.2, 0) is 0 Å². The second-order valence-electron chi connectivity index (χ2n) is 5.44. The second kappa shape index (κ2) is 1.81. The Morgan fingerprint density at radius 3 is 1.92 bits per heavy atom. The zero-order valence-corrected chi connectivity index (χ0v) is 7.45. The minimum absolute atomic E-state index is 1.02. The molecule has 64 valence electrons. The summed E-state index contributed by atoms with van der Waals surface area (Å²) in [7, 11) is 0. The Morgan fingerprint density at radius 2 is 1.33 bits per heavy atom. The van der Waals surface area contributed by atoms with Crippen molar-refractivity contribution in [2.24, 2.45) is 35.5 Å².